The molecule has 0 aromatic heterocycles. The predicted octanol–water partition coefficient (Wildman–Crippen LogP) is 5.99. The molecule has 2 heteroatoms. The van der Waals surface area contributed by atoms with Gasteiger partial charge in [0.25, 0.3) is 0 Å². The molecule has 3 aromatic carbocycles. The van der Waals surface area contributed by atoms with Gasteiger partial charge in [-0.2, -0.15) is 18.2 Å². The van der Waals surface area contributed by atoms with Crippen LogP contribution in [0.2, 0.25) is 0 Å². The van der Waals surface area contributed by atoms with Crippen molar-refractivity contribution in [2.75, 3.05) is 4.90 Å². The average Bonchev–Trinajstić information content (AvgIpc) is 2.60. The zero-order valence-corrected chi connectivity index (χ0v) is 16.8. The van der Waals surface area contributed by atoms with E-state index in [1.165, 1.54) is 11.1 Å². The Morgan fingerprint density at radius 3 is 1.88 bits per heavy atom. The van der Waals surface area contributed by atoms with Gasteiger partial charge >= 0.3 is 0 Å². The number of hydrogen-bond acceptors (Lipinski definition) is 1. The van der Waals surface area contributed by atoms with Crippen molar-refractivity contribution in [3.8, 4) is 0 Å². The second-order valence-corrected chi connectivity index (χ2v) is 5.59. The van der Waals surface area contributed by atoms with Gasteiger partial charge in [0.05, 0.1) is 0 Å². The number of benzene rings is 3. The normalized spacial score (nSPS) is 9.88. The number of aryl methyl sites for hydroxylation is 1. The molecule has 3 rings (SSSR count). The van der Waals surface area contributed by atoms with Gasteiger partial charge in [-0.1, -0.05) is 41.6 Å². The first kappa shape index (κ1) is 18.6. The van der Waals surface area contributed by atoms with Gasteiger partial charge in [0.15, 0.2) is 0 Å². The number of rotatable bonds is 5. The molecule has 0 spiro atoms. The Morgan fingerprint density at radius 2 is 1.33 bits per heavy atom. The molecule has 0 N–H and O–H groups in total. The minimum Gasteiger partial charge on any atom is -0.334 e. The summed E-state index contributed by atoms with van der Waals surface area (Å²) in [5, 5.41) is 0. The SMILES string of the molecule is C=CCc1ccc(N(c2cc[c-]cc2)c2ccc(C)cc2)cc1.[Y]. The summed E-state index contributed by atoms with van der Waals surface area (Å²) in [6.45, 7) is 5.91. The van der Waals surface area contributed by atoms with Crippen LogP contribution in [0.25, 0.3) is 0 Å². The first-order valence-electron chi connectivity index (χ1n) is 7.80. The molecule has 0 heterocycles. The maximum atomic E-state index is 3.80. The van der Waals surface area contributed by atoms with Crippen molar-refractivity contribution < 1.29 is 32.7 Å². The van der Waals surface area contributed by atoms with Crippen LogP contribution in [0.4, 0.5) is 17.1 Å². The molecule has 0 aliphatic rings. The van der Waals surface area contributed by atoms with Crippen molar-refractivity contribution in [2.45, 2.75) is 13.3 Å². The Labute approximate surface area is 169 Å². The Morgan fingerprint density at radius 1 is 0.833 bits per heavy atom. The minimum absolute atomic E-state index is 0. The van der Waals surface area contributed by atoms with E-state index in [1.54, 1.807) is 0 Å². The van der Waals surface area contributed by atoms with Gasteiger partial charge in [-0.25, -0.2) is 0 Å². The summed E-state index contributed by atoms with van der Waals surface area (Å²) in [5.74, 6) is 0. The maximum Gasteiger partial charge on any atom is 0.0438 e. The van der Waals surface area contributed by atoms with Gasteiger partial charge in [-0.3, -0.25) is 0 Å². The first-order chi connectivity index (χ1) is 11.3. The molecule has 0 atom stereocenters. The van der Waals surface area contributed by atoms with Gasteiger partial charge in [0.1, 0.15) is 0 Å². The van der Waals surface area contributed by atoms with E-state index in [9.17, 15) is 0 Å². The number of allylic oxidation sites excluding steroid dienone is 1. The smallest absolute Gasteiger partial charge is 0.0438 e. The minimum atomic E-state index is 0. The van der Waals surface area contributed by atoms with Crippen LogP contribution in [0, 0.1) is 13.0 Å². The van der Waals surface area contributed by atoms with Crippen LogP contribution >= 0.6 is 0 Å². The number of hydrogen-bond donors (Lipinski definition) is 0. The molecule has 0 amide bonds. The summed E-state index contributed by atoms with van der Waals surface area (Å²) in [6, 6.07) is 28.4. The Kier molecular flexibility index (Phi) is 6.96. The quantitative estimate of drug-likeness (QED) is 0.384. The molecule has 0 unspecified atom stereocenters. The van der Waals surface area contributed by atoms with Gasteiger partial charge < -0.3 is 4.90 Å². The third-order valence-electron chi connectivity index (χ3n) is 3.83. The second kappa shape index (κ2) is 8.96. The molecular weight excluding hydrogens is 367 g/mol. The molecule has 0 saturated heterocycles. The van der Waals surface area contributed by atoms with Gasteiger partial charge in [-0.05, 0) is 43.2 Å². The molecule has 0 bridgehead atoms. The molecule has 3 aromatic rings. The van der Waals surface area contributed by atoms with Gasteiger partial charge in [0, 0.05) is 44.1 Å². The van der Waals surface area contributed by atoms with Gasteiger partial charge in [0.2, 0.25) is 0 Å². The summed E-state index contributed by atoms with van der Waals surface area (Å²) in [6.07, 6.45) is 2.82. The Balaban J connectivity index is 0.00000208. The molecule has 1 nitrogen and oxygen atoms in total. The van der Waals surface area contributed by atoms with E-state index in [2.05, 4.69) is 85.1 Å². The van der Waals surface area contributed by atoms with Crippen molar-refractivity contribution in [2.24, 2.45) is 0 Å². The molecule has 24 heavy (non-hydrogen) atoms. The predicted molar refractivity (Wildman–Crippen MR) is 98.6 cm³/mol. The molecule has 117 valence electrons. The number of nitrogens with zero attached hydrogens (tertiary/aromatic N) is 1. The summed E-state index contributed by atoms with van der Waals surface area (Å²) in [5.41, 5.74) is 5.96. The van der Waals surface area contributed by atoms with Crippen LogP contribution < -0.4 is 4.90 Å². The van der Waals surface area contributed by atoms with Crippen LogP contribution in [0.1, 0.15) is 11.1 Å². The summed E-state index contributed by atoms with van der Waals surface area (Å²) < 4.78 is 0. The van der Waals surface area contributed by atoms with E-state index in [0.29, 0.717) is 0 Å². The topological polar surface area (TPSA) is 3.24 Å². The molecule has 0 fully saturated rings. The average molecular weight is 387 g/mol. The summed E-state index contributed by atoms with van der Waals surface area (Å²) in [4.78, 5) is 2.25. The van der Waals surface area contributed by atoms with E-state index >= 15 is 0 Å². The van der Waals surface area contributed by atoms with Crippen molar-refractivity contribution in [1.29, 1.82) is 0 Å². The second-order valence-electron chi connectivity index (χ2n) is 5.59. The largest absolute Gasteiger partial charge is 0.334 e. The summed E-state index contributed by atoms with van der Waals surface area (Å²) in [7, 11) is 0. The van der Waals surface area contributed by atoms with Crippen molar-refractivity contribution >= 4 is 17.1 Å². The van der Waals surface area contributed by atoms with E-state index in [4.69, 9.17) is 0 Å². The van der Waals surface area contributed by atoms with E-state index in [0.717, 1.165) is 23.5 Å². The fraction of sp³-hybridized carbons (Fsp3) is 0.0909. The maximum absolute atomic E-state index is 3.80. The summed E-state index contributed by atoms with van der Waals surface area (Å²) >= 11 is 0. The van der Waals surface area contributed by atoms with E-state index in [-0.39, 0.29) is 32.7 Å². The Bertz CT molecular complexity index is 761. The van der Waals surface area contributed by atoms with Gasteiger partial charge in [-0.15, -0.1) is 18.7 Å². The zero-order chi connectivity index (χ0) is 16.1. The van der Waals surface area contributed by atoms with Crippen LogP contribution in [0.5, 0.6) is 0 Å². The third kappa shape index (κ3) is 4.43. The van der Waals surface area contributed by atoms with E-state index in [1.807, 2.05) is 18.2 Å². The Hall–Kier alpha value is -1.70. The van der Waals surface area contributed by atoms with Crippen LogP contribution in [-0.4, -0.2) is 0 Å². The first-order valence-corrected chi connectivity index (χ1v) is 7.80. The van der Waals surface area contributed by atoms with Crippen molar-refractivity contribution in [3.63, 3.8) is 0 Å². The van der Waals surface area contributed by atoms with Crippen molar-refractivity contribution in [1.82, 2.24) is 0 Å². The fourth-order valence-electron chi connectivity index (χ4n) is 2.62. The third-order valence-corrected chi connectivity index (χ3v) is 3.83. The van der Waals surface area contributed by atoms with Crippen molar-refractivity contribution in [3.05, 3.63) is 103 Å². The fourth-order valence-corrected chi connectivity index (χ4v) is 2.62. The molecule has 0 aliphatic heterocycles. The van der Waals surface area contributed by atoms with Crippen LogP contribution in [0.15, 0.2) is 85.5 Å². The van der Waals surface area contributed by atoms with Crippen LogP contribution in [0.3, 0.4) is 0 Å². The molecule has 0 aliphatic carbocycles. The monoisotopic (exact) mass is 387 g/mol. The zero-order valence-electron chi connectivity index (χ0n) is 13.9. The van der Waals surface area contributed by atoms with E-state index < -0.39 is 0 Å². The van der Waals surface area contributed by atoms with Crippen LogP contribution in [-0.2, 0) is 39.1 Å². The molecule has 1 radical (unpaired) electrons. The molecular formula is C22H20NY-. The standard InChI is InChI=1S/C22H20N.Y/c1-3-7-19-12-16-22(17-13-19)23(20-8-5-4-6-9-20)21-14-10-18(2)11-15-21;/h3,5-6,8-17H,1,7H2,2H3;/q-1;. The number of anilines is 3. The molecule has 0 saturated carbocycles.